The predicted octanol–water partition coefficient (Wildman–Crippen LogP) is 0.461. The van der Waals surface area contributed by atoms with Gasteiger partial charge in [-0.2, -0.15) is 10.2 Å². The molecule has 2 heterocycles. The Kier molecular flexibility index (Phi) is 4.19. The van der Waals surface area contributed by atoms with E-state index >= 15 is 0 Å². The molecule has 0 radical (unpaired) electrons. The second kappa shape index (κ2) is 5.71. The molecule has 0 spiro atoms. The smallest absolute Gasteiger partial charge is 0.244 e. The van der Waals surface area contributed by atoms with Crippen molar-refractivity contribution in [1.29, 1.82) is 0 Å². The molecule has 2 rings (SSSR count). The summed E-state index contributed by atoms with van der Waals surface area (Å²) in [4.78, 5) is 4.25. The van der Waals surface area contributed by atoms with Crippen LogP contribution in [0.3, 0.4) is 0 Å². The van der Waals surface area contributed by atoms with Crippen LogP contribution in [0.5, 0.6) is 0 Å². The second-order valence-electron chi connectivity index (χ2n) is 4.53. The largest absolute Gasteiger partial charge is 0.274 e. The van der Waals surface area contributed by atoms with Crippen molar-refractivity contribution >= 4 is 10.0 Å². The lowest BCUT2D eigenvalue weighted by molar-refractivity contribution is 0.515. The first kappa shape index (κ1) is 14.7. The van der Waals surface area contributed by atoms with Crippen LogP contribution in [0.25, 0.3) is 0 Å². The third kappa shape index (κ3) is 3.05. The Hall–Kier alpha value is -1.74. The van der Waals surface area contributed by atoms with E-state index in [9.17, 15) is 8.42 Å². The van der Waals surface area contributed by atoms with Crippen LogP contribution in [0.15, 0.2) is 23.6 Å². The van der Waals surface area contributed by atoms with E-state index in [1.165, 1.54) is 23.4 Å². The summed E-state index contributed by atoms with van der Waals surface area (Å²) in [6.45, 7) is 4.47. The van der Waals surface area contributed by atoms with Gasteiger partial charge in [-0.15, -0.1) is 0 Å². The Bertz CT molecular complexity index is 675. The lowest BCUT2D eigenvalue weighted by Crippen LogP contribution is -2.29. The minimum absolute atomic E-state index is 0.133. The van der Waals surface area contributed by atoms with Gasteiger partial charge >= 0.3 is 0 Å². The summed E-state index contributed by atoms with van der Waals surface area (Å²) in [5.74, 6) is 0.597. The maximum atomic E-state index is 12.2. The highest BCUT2D eigenvalue weighted by Crippen LogP contribution is 2.14. The van der Waals surface area contributed by atoms with E-state index in [1.54, 1.807) is 18.7 Å². The van der Waals surface area contributed by atoms with Crippen LogP contribution in [-0.4, -0.2) is 33.0 Å². The molecule has 0 aliphatic carbocycles. The lowest BCUT2D eigenvalue weighted by Gasteiger charge is -2.13. The molecule has 2 aromatic heterocycles. The Labute approximate surface area is 117 Å². The SMILES string of the molecule is CCCn1ncnc1[C@H](C)NS(=O)(=O)c1cnn(C)c1. The first-order valence-electron chi connectivity index (χ1n) is 6.32. The van der Waals surface area contributed by atoms with Crippen LogP contribution >= 0.6 is 0 Å². The van der Waals surface area contributed by atoms with E-state index in [0.29, 0.717) is 12.4 Å². The first-order valence-corrected chi connectivity index (χ1v) is 7.81. The minimum Gasteiger partial charge on any atom is -0.274 e. The quantitative estimate of drug-likeness (QED) is 0.836. The predicted molar refractivity (Wildman–Crippen MR) is 72.3 cm³/mol. The van der Waals surface area contributed by atoms with Crippen LogP contribution in [0.4, 0.5) is 0 Å². The molecule has 1 N–H and O–H groups in total. The molecule has 0 aromatic carbocycles. The Morgan fingerprint density at radius 1 is 1.40 bits per heavy atom. The minimum atomic E-state index is -3.61. The lowest BCUT2D eigenvalue weighted by atomic mass is 10.3. The third-order valence-electron chi connectivity index (χ3n) is 2.79. The van der Waals surface area contributed by atoms with E-state index in [2.05, 4.69) is 19.9 Å². The molecule has 0 unspecified atom stereocenters. The number of aromatic nitrogens is 5. The number of hydrogen-bond donors (Lipinski definition) is 1. The van der Waals surface area contributed by atoms with Crippen molar-refractivity contribution in [1.82, 2.24) is 29.3 Å². The van der Waals surface area contributed by atoms with Gasteiger partial charge in [0.15, 0.2) is 0 Å². The number of sulfonamides is 1. The average molecular weight is 298 g/mol. The molecule has 9 heteroatoms. The molecule has 2 aromatic rings. The Morgan fingerprint density at radius 3 is 2.75 bits per heavy atom. The molecule has 0 aliphatic rings. The number of rotatable bonds is 6. The van der Waals surface area contributed by atoms with Gasteiger partial charge in [0.2, 0.25) is 10.0 Å². The fraction of sp³-hybridized carbons (Fsp3) is 0.545. The van der Waals surface area contributed by atoms with Gasteiger partial charge in [0, 0.05) is 19.8 Å². The van der Waals surface area contributed by atoms with Gasteiger partial charge in [-0.25, -0.2) is 22.8 Å². The molecular weight excluding hydrogens is 280 g/mol. The molecule has 20 heavy (non-hydrogen) atoms. The van der Waals surface area contributed by atoms with Crippen molar-refractivity contribution in [2.75, 3.05) is 0 Å². The average Bonchev–Trinajstić information content (AvgIpc) is 2.98. The van der Waals surface area contributed by atoms with Gasteiger partial charge in [-0.3, -0.25) is 4.68 Å². The van der Waals surface area contributed by atoms with Crippen molar-refractivity contribution in [3.8, 4) is 0 Å². The van der Waals surface area contributed by atoms with E-state index in [4.69, 9.17) is 0 Å². The molecule has 1 atom stereocenters. The zero-order valence-electron chi connectivity index (χ0n) is 11.7. The number of nitrogens with zero attached hydrogens (tertiary/aromatic N) is 5. The van der Waals surface area contributed by atoms with Gasteiger partial charge in [0.1, 0.15) is 17.0 Å². The summed E-state index contributed by atoms with van der Waals surface area (Å²) in [7, 11) is -1.94. The van der Waals surface area contributed by atoms with Gasteiger partial charge < -0.3 is 0 Å². The topological polar surface area (TPSA) is 94.7 Å². The van der Waals surface area contributed by atoms with Gasteiger partial charge in [0.25, 0.3) is 0 Å². The normalized spacial score (nSPS) is 13.6. The van der Waals surface area contributed by atoms with Gasteiger partial charge in [0.05, 0.1) is 12.2 Å². The molecule has 0 amide bonds. The first-order chi connectivity index (χ1) is 9.44. The maximum absolute atomic E-state index is 12.2. The van der Waals surface area contributed by atoms with Gasteiger partial charge in [-0.05, 0) is 13.3 Å². The summed E-state index contributed by atoms with van der Waals surface area (Å²) < 4.78 is 30.1. The summed E-state index contributed by atoms with van der Waals surface area (Å²) in [6, 6.07) is -0.464. The summed E-state index contributed by atoms with van der Waals surface area (Å²) in [5.41, 5.74) is 0. The highest BCUT2D eigenvalue weighted by Gasteiger charge is 2.22. The summed E-state index contributed by atoms with van der Waals surface area (Å²) in [6.07, 6.45) is 5.09. The van der Waals surface area contributed by atoms with E-state index in [-0.39, 0.29) is 4.90 Å². The zero-order valence-corrected chi connectivity index (χ0v) is 12.5. The molecule has 8 nitrogen and oxygen atoms in total. The highest BCUT2D eigenvalue weighted by atomic mass is 32.2. The van der Waals surface area contributed by atoms with Crippen LogP contribution in [-0.2, 0) is 23.6 Å². The van der Waals surface area contributed by atoms with E-state index in [1.807, 2.05) is 6.92 Å². The molecule has 0 aliphatic heterocycles. The Morgan fingerprint density at radius 2 is 2.15 bits per heavy atom. The van der Waals surface area contributed by atoms with Crippen LogP contribution in [0, 0.1) is 0 Å². The zero-order chi connectivity index (χ0) is 14.8. The summed E-state index contributed by atoms with van der Waals surface area (Å²) in [5, 5.41) is 7.95. The van der Waals surface area contributed by atoms with Crippen molar-refractivity contribution in [3.05, 3.63) is 24.5 Å². The molecule has 110 valence electrons. The highest BCUT2D eigenvalue weighted by molar-refractivity contribution is 7.89. The monoisotopic (exact) mass is 298 g/mol. The van der Waals surface area contributed by atoms with Crippen LogP contribution in [0.2, 0.25) is 0 Å². The van der Waals surface area contributed by atoms with Crippen LogP contribution < -0.4 is 4.72 Å². The second-order valence-corrected chi connectivity index (χ2v) is 6.25. The van der Waals surface area contributed by atoms with E-state index in [0.717, 1.165) is 6.42 Å². The fourth-order valence-corrected chi connectivity index (χ4v) is 3.07. The van der Waals surface area contributed by atoms with E-state index < -0.39 is 16.1 Å². The molecule has 0 fully saturated rings. The number of hydrogen-bond acceptors (Lipinski definition) is 5. The molecular formula is C11H18N6O2S. The van der Waals surface area contributed by atoms with Crippen molar-refractivity contribution < 1.29 is 8.42 Å². The van der Waals surface area contributed by atoms with Crippen molar-refractivity contribution in [2.45, 2.75) is 37.8 Å². The third-order valence-corrected chi connectivity index (χ3v) is 4.29. The molecule has 0 saturated carbocycles. The number of nitrogens with one attached hydrogen (secondary N) is 1. The standard InChI is InChI=1S/C11H18N6O2S/c1-4-5-17-11(12-8-14-17)9(2)15-20(18,19)10-6-13-16(3)7-10/h6-9,15H,4-5H2,1-3H3/t9-/m0/s1. The maximum Gasteiger partial charge on any atom is 0.244 e. The van der Waals surface area contributed by atoms with Crippen molar-refractivity contribution in [2.24, 2.45) is 7.05 Å². The van der Waals surface area contributed by atoms with Gasteiger partial charge in [-0.1, -0.05) is 6.92 Å². The van der Waals surface area contributed by atoms with Crippen molar-refractivity contribution in [3.63, 3.8) is 0 Å². The number of aryl methyl sites for hydroxylation is 2. The van der Waals surface area contributed by atoms with Crippen LogP contribution in [0.1, 0.15) is 32.1 Å². The molecule has 0 bridgehead atoms. The molecule has 0 saturated heterocycles. The fourth-order valence-electron chi connectivity index (χ4n) is 1.88. The Balaban J connectivity index is 2.18. The summed E-state index contributed by atoms with van der Waals surface area (Å²) >= 11 is 0.